The molecular formula is C23H30N2O4. The van der Waals surface area contributed by atoms with Crippen LogP contribution < -0.4 is 19.1 Å². The highest BCUT2D eigenvalue weighted by atomic mass is 16.5. The molecule has 1 atom stereocenters. The minimum Gasteiger partial charge on any atom is -0.492 e. The molecular weight excluding hydrogens is 368 g/mol. The van der Waals surface area contributed by atoms with Crippen molar-refractivity contribution in [3.05, 3.63) is 48.0 Å². The van der Waals surface area contributed by atoms with E-state index in [1.165, 1.54) is 0 Å². The summed E-state index contributed by atoms with van der Waals surface area (Å²) in [7, 11) is 0. The summed E-state index contributed by atoms with van der Waals surface area (Å²) in [6.07, 6.45) is 0.331. The SMILES string of the molecule is CCOc1ccccc1N1CCN(CC(O)c2ccc3c(c2)OCCCO3)CC1. The van der Waals surface area contributed by atoms with E-state index in [-0.39, 0.29) is 0 Å². The van der Waals surface area contributed by atoms with E-state index in [0.717, 1.165) is 61.1 Å². The molecule has 2 aromatic rings. The molecule has 4 rings (SSSR count). The molecule has 1 unspecified atom stereocenters. The van der Waals surface area contributed by atoms with Crippen molar-refractivity contribution in [3.8, 4) is 17.2 Å². The largest absolute Gasteiger partial charge is 0.492 e. The lowest BCUT2D eigenvalue weighted by Gasteiger charge is -2.37. The van der Waals surface area contributed by atoms with Gasteiger partial charge in [-0.1, -0.05) is 18.2 Å². The zero-order chi connectivity index (χ0) is 20.1. The molecule has 156 valence electrons. The molecule has 0 aromatic heterocycles. The predicted molar refractivity (Wildman–Crippen MR) is 113 cm³/mol. The summed E-state index contributed by atoms with van der Waals surface area (Å²) in [6, 6.07) is 14.0. The van der Waals surface area contributed by atoms with Gasteiger partial charge in [-0.3, -0.25) is 4.90 Å². The fourth-order valence-electron chi connectivity index (χ4n) is 3.90. The van der Waals surface area contributed by atoms with Crippen molar-refractivity contribution in [2.75, 3.05) is 57.4 Å². The monoisotopic (exact) mass is 398 g/mol. The molecule has 0 bridgehead atoms. The maximum Gasteiger partial charge on any atom is 0.161 e. The molecule has 2 aliphatic heterocycles. The number of benzene rings is 2. The van der Waals surface area contributed by atoms with Crippen LogP contribution in [0.3, 0.4) is 0 Å². The molecule has 6 nitrogen and oxygen atoms in total. The zero-order valence-electron chi connectivity index (χ0n) is 17.0. The van der Waals surface area contributed by atoms with Gasteiger partial charge >= 0.3 is 0 Å². The van der Waals surface area contributed by atoms with E-state index >= 15 is 0 Å². The Morgan fingerprint density at radius 1 is 1.00 bits per heavy atom. The Labute approximate surface area is 172 Å². The van der Waals surface area contributed by atoms with Crippen molar-refractivity contribution in [3.63, 3.8) is 0 Å². The van der Waals surface area contributed by atoms with Crippen molar-refractivity contribution < 1.29 is 19.3 Å². The number of nitrogens with zero attached hydrogens (tertiary/aromatic N) is 2. The smallest absolute Gasteiger partial charge is 0.161 e. The maximum absolute atomic E-state index is 10.8. The summed E-state index contributed by atoms with van der Waals surface area (Å²) in [5.74, 6) is 2.44. The minimum absolute atomic E-state index is 0.547. The molecule has 0 saturated carbocycles. The number of fused-ring (bicyclic) bond motifs is 1. The fraction of sp³-hybridized carbons (Fsp3) is 0.478. The van der Waals surface area contributed by atoms with Crippen LogP contribution in [-0.4, -0.2) is 62.6 Å². The topological polar surface area (TPSA) is 54.4 Å². The van der Waals surface area contributed by atoms with Crippen LogP contribution in [0.4, 0.5) is 5.69 Å². The third kappa shape index (κ3) is 4.77. The van der Waals surface area contributed by atoms with Crippen molar-refractivity contribution in [2.45, 2.75) is 19.4 Å². The highest BCUT2D eigenvalue weighted by molar-refractivity contribution is 5.58. The van der Waals surface area contributed by atoms with Crippen molar-refractivity contribution in [1.29, 1.82) is 0 Å². The molecule has 6 heteroatoms. The van der Waals surface area contributed by atoms with E-state index < -0.39 is 6.10 Å². The second-order valence-electron chi connectivity index (χ2n) is 7.46. The van der Waals surface area contributed by atoms with Gasteiger partial charge in [0.05, 0.1) is 31.6 Å². The van der Waals surface area contributed by atoms with Gasteiger partial charge in [0.15, 0.2) is 11.5 Å². The van der Waals surface area contributed by atoms with Crippen molar-refractivity contribution in [2.24, 2.45) is 0 Å². The molecule has 29 heavy (non-hydrogen) atoms. The van der Waals surface area contributed by atoms with Gasteiger partial charge in [0.1, 0.15) is 5.75 Å². The molecule has 0 spiro atoms. The van der Waals surface area contributed by atoms with Crippen LogP contribution in [0.5, 0.6) is 17.2 Å². The Morgan fingerprint density at radius 3 is 2.55 bits per heavy atom. The number of ether oxygens (including phenoxy) is 3. The highest BCUT2D eigenvalue weighted by Gasteiger charge is 2.22. The van der Waals surface area contributed by atoms with Gasteiger partial charge in [0, 0.05) is 39.1 Å². The minimum atomic E-state index is -0.547. The Balaban J connectivity index is 1.34. The number of aliphatic hydroxyl groups is 1. The number of anilines is 1. The Kier molecular flexibility index (Phi) is 6.42. The first kappa shape index (κ1) is 19.9. The molecule has 0 aliphatic carbocycles. The summed E-state index contributed by atoms with van der Waals surface area (Å²) < 4.78 is 17.2. The van der Waals surface area contributed by atoms with Gasteiger partial charge in [-0.15, -0.1) is 0 Å². The average molecular weight is 399 g/mol. The quantitative estimate of drug-likeness (QED) is 0.807. The highest BCUT2D eigenvalue weighted by Crippen LogP contribution is 2.33. The zero-order valence-corrected chi connectivity index (χ0v) is 17.0. The van der Waals surface area contributed by atoms with Gasteiger partial charge < -0.3 is 24.2 Å². The number of para-hydroxylation sites is 2. The number of β-amino-alcohol motifs (C(OH)–C–C–N with tert-alkyl or cyclic N) is 1. The van der Waals surface area contributed by atoms with E-state index in [0.29, 0.717) is 26.4 Å². The van der Waals surface area contributed by atoms with Crippen LogP contribution in [-0.2, 0) is 0 Å². The summed E-state index contributed by atoms with van der Waals surface area (Å²) in [5.41, 5.74) is 2.02. The van der Waals surface area contributed by atoms with E-state index in [1.807, 2.05) is 37.3 Å². The molecule has 2 heterocycles. The Bertz CT molecular complexity index is 805. The predicted octanol–water partition coefficient (Wildman–Crippen LogP) is 3.10. The molecule has 1 N–H and O–H groups in total. The lowest BCUT2D eigenvalue weighted by atomic mass is 10.1. The molecule has 2 aromatic carbocycles. The van der Waals surface area contributed by atoms with Crippen molar-refractivity contribution >= 4 is 5.69 Å². The number of aliphatic hydroxyl groups excluding tert-OH is 1. The Morgan fingerprint density at radius 2 is 1.76 bits per heavy atom. The molecule has 1 saturated heterocycles. The third-order valence-corrected chi connectivity index (χ3v) is 5.47. The molecule has 1 fully saturated rings. The first-order valence-electron chi connectivity index (χ1n) is 10.5. The fourth-order valence-corrected chi connectivity index (χ4v) is 3.90. The first-order valence-corrected chi connectivity index (χ1v) is 10.5. The second kappa shape index (κ2) is 9.37. The normalized spacial score (nSPS) is 18.2. The number of piperazine rings is 1. The van der Waals surface area contributed by atoms with E-state index in [4.69, 9.17) is 14.2 Å². The first-order chi connectivity index (χ1) is 14.2. The van der Waals surface area contributed by atoms with Crippen molar-refractivity contribution in [1.82, 2.24) is 4.90 Å². The van der Waals surface area contributed by atoms with Crippen LogP contribution in [0, 0.1) is 0 Å². The van der Waals surface area contributed by atoms with Gasteiger partial charge in [0.25, 0.3) is 0 Å². The van der Waals surface area contributed by atoms with E-state index in [2.05, 4.69) is 21.9 Å². The summed E-state index contributed by atoms with van der Waals surface area (Å²) in [4.78, 5) is 4.68. The molecule has 2 aliphatic rings. The van der Waals surface area contributed by atoms with Gasteiger partial charge in [-0.25, -0.2) is 0 Å². The molecule has 0 amide bonds. The van der Waals surface area contributed by atoms with Crippen LogP contribution >= 0.6 is 0 Å². The Hall–Kier alpha value is -2.44. The van der Waals surface area contributed by atoms with Gasteiger partial charge in [-0.2, -0.15) is 0 Å². The number of rotatable bonds is 6. The lowest BCUT2D eigenvalue weighted by Crippen LogP contribution is -2.47. The van der Waals surface area contributed by atoms with Gasteiger partial charge in [0.2, 0.25) is 0 Å². The molecule has 0 radical (unpaired) electrons. The maximum atomic E-state index is 10.8. The van der Waals surface area contributed by atoms with Crippen LogP contribution in [0.15, 0.2) is 42.5 Å². The number of hydrogen-bond acceptors (Lipinski definition) is 6. The summed E-state index contributed by atoms with van der Waals surface area (Å²) in [6.45, 7) is 8.25. The summed E-state index contributed by atoms with van der Waals surface area (Å²) in [5, 5.41) is 10.8. The average Bonchev–Trinajstić information content (AvgIpc) is 3.00. The third-order valence-electron chi connectivity index (χ3n) is 5.47. The van der Waals surface area contributed by atoms with E-state index in [1.54, 1.807) is 0 Å². The van der Waals surface area contributed by atoms with Crippen LogP contribution in [0.25, 0.3) is 0 Å². The van der Waals surface area contributed by atoms with Crippen LogP contribution in [0.1, 0.15) is 25.0 Å². The second-order valence-corrected chi connectivity index (χ2v) is 7.46. The van der Waals surface area contributed by atoms with E-state index in [9.17, 15) is 5.11 Å². The van der Waals surface area contributed by atoms with Crippen LogP contribution in [0.2, 0.25) is 0 Å². The summed E-state index contributed by atoms with van der Waals surface area (Å²) >= 11 is 0. The number of hydrogen-bond donors (Lipinski definition) is 1. The lowest BCUT2D eigenvalue weighted by molar-refractivity contribution is 0.109. The van der Waals surface area contributed by atoms with Gasteiger partial charge in [-0.05, 0) is 36.8 Å². The standard InChI is InChI=1S/C23H30N2O4/c1-2-27-21-7-4-3-6-19(21)25-12-10-24(11-13-25)17-20(26)18-8-9-22-23(16-18)29-15-5-14-28-22/h3-4,6-9,16,20,26H,2,5,10-15,17H2,1H3.